The van der Waals surface area contributed by atoms with Crippen LogP contribution in [0.25, 0.3) is 11.1 Å². The maximum Gasteiger partial charge on any atom is 0.422 e. The second-order valence-corrected chi connectivity index (χ2v) is 10.9. The molecule has 0 spiro atoms. The van der Waals surface area contributed by atoms with Crippen molar-refractivity contribution in [3.63, 3.8) is 0 Å². The second-order valence-electron chi connectivity index (χ2n) is 10.9. The Morgan fingerprint density at radius 2 is 1.77 bits per heavy atom. The zero-order valence-electron chi connectivity index (χ0n) is 22.3. The maximum atomic E-state index is 15.1. The SMILES string of the molecule is CC1(C)CCC[C@H]1c1cc(COc2cccc([C@H](O)CC(=O)O)c2)ccc1-c1cc(OCC(F)(F)F)ccc1F. The van der Waals surface area contributed by atoms with Gasteiger partial charge in [-0.15, -0.1) is 0 Å². The van der Waals surface area contributed by atoms with Gasteiger partial charge in [-0.05, 0) is 76.8 Å². The van der Waals surface area contributed by atoms with Crippen molar-refractivity contribution in [2.45, 2.75) is 64.3 Å². The van der Waals surface area contributed by atoms with Gasteiger partial charge in [0.05, 0.1) is 12.5 Å². The first kappa shape index (κ1) is 29.4. The van der Waals surface area contributed by atoms with Crippen LogP contribution in [0.5, 0.6) is 11.5 Å². The molecule has 4 rings (SSSR count). The number of carbonyl (C=O) groups is 1. The van der Waals surface area contributed by atoms with Crippen LogP contribution < -0.4 is 9.47 Å². The van der Waals surface area contributed by atoms with Gasteiger partial charge in [0.25, 0.3) is 0 Å². The first-order valence-corrected chi connectivity index (χ1v) is 13.1. The highest BCUT2D eigenvalue weighted by molar-refractivity contribution is 5.71. The number of aliphatic hydroxyl groups excluding tert-OH is 1. The molecule has 3 aromatic rings. The number of rotatable bonds is 10. The van der Waals surface area contributed by atoms with E-state index in [4.69, 9.17) is 14.6 Å². The molecule has 1 aliphatic carbocycles. The fourth-order valence-electron chi connectivity index (χ4n) is 5.37. The van der Waals surface area contributed by atoms with E-state index in [9.17, 15) is 23.1 Å². The van der Waals surface area contributed by atoms with Gasteiger partial charge in [-0.3, -0.25) is 4.79 Å². The van der Waals surface area contributed by atoms with E-state index in [-0.39, 0.29) is 29.3 Å². The highest BCUT2D eigenvalue weighted by Gasteiger charge is 2.37. The Kier molecular flexibility index (Phi) is 8.73. The van der Waals surface area contributed by atoms with Crippen molar-refractivity contribution in [1.29, 1.82) is 0 Å². The van der Waals surface area contributed by atoms with Gasteiger partial charge in [0, 0.05) is 5.56 Å². The lowest BCUT2D eigenvalue weighted by Gasteiger charge is -2.30. The van der Waals surface area contributed by atoms with Crippen LogP contribution in [0.1, 0.15) is 68.2 Å². The summed E-state index contributed by atoms with van der Waals surface area (Å²) < 4.78 is 64.0. The van der Waals surface area contributed by atoms with Gasteiger partial charge in [-0.1, -0.05) is 50.6 Å². The zero-order valence-corrected chi connectivity index (χ0v) is 22.3. The molecule has 0 amide bonds. The molecule has 3 aromatic carbocycles. The molecule has 1 aliphatic rings. The fraction of sp³-hybridized carbons (Fsp3) is 0.387. The fourth-order valence-corrected chi connectivity index (χ4v) is 5.37. The summed E-state index contributed by atoms with van der Waals surface area (Å²) in [5.74, 6) is -1.19. The van der Waals surface area contributed by atoms with E-state index in [0.717, 1.165) is 36.5 Å². The minimum Gasteiger partial charge on any atom is -0.489 e. The van der Waals surface area contributed by atoms with Crippen molar-refractivity contribution < 1.29 is 42.0 Å². The first-order chi connectivity index (χ1) is 18.8. The molecule has 214 valence electrons. The molecule has 0 saturated heterocycles. The molecule has 1 fully saturated rings. The summed E-state index contributed by atoms with van der Waals surface area (Å²) in [7, 11) is 0. The number of aliphatic carboxylic acids is 1. The lowest BCUT2D eigenvalue weighted by Crippen LogP contribution is -2.19. The van der Waals surface area contributed by atoms with Crippen LogP contribution >= 0.6 is 0 Å². The van der Waals surface area contributed by atoms with Gasteiger partial charge in [-0.2, -0.15) is 13.2 Å². The average molecular weight is 561 g/mol. The number of benzene rings is 3. The maximum absolute atomic E-state index is 15.1. The molecule has 0 unspecified atom stereocenters. The lowest BCUT2D eigenvalue weighted by atomic mass is 9.75. The summed E-state index contributed by atoms with van der Waals surface area (Å²) in [5.41, 5.74) is 2.82. The van der Waals surface area contributed by atoms with Crippen LogP contribution in [0.4, 0.5) is 17.6 Å². The molecule has 0 aromatic heterocycles. The molecule has 9 heteroatoms. The van der Waals surface area contributed by atoms with Crippen LogP contribution in [0, 0.1) is 11.2 Å². The van der Waals surface area contributed by atoms with Gasteiger partial charge in [0.1, 0.15) is 23.9 Å². The third kappa shape index (κ3) is 7.33. The van der Waals surface area contributed by atoms with Crippen molar-refractivity contribution in [3.8, 4) is 22.6 Å². The summed E-state index contributed by atoms with van der Waals surface area (Å²) in [5, 5.41) is 19.1. The molecule has 40 heavy (non-hydrogen) atoms. The quantitative estimate of drug-likeness (QED) is 0.247. The van der Waals surface area contributed by atoms with E-state index in [1.807, 2.05) is 6.07 Å². The highest BCUT2D eigenvalue weighted by Crippen LogP contribution is 2.51. The topological polar surface area (TPSA) is 76.0 Å². The van der Waals surface area contributed by atoms with Crippen LogP contribution in [0.3, 0.4) is 0 Å². The molecular weight excluding hydrogens is 528 g/mol. The van der Waals surface area contributed by atoms with E-state index in [1.54, 1.807) is 36.4 Å². The smallest absolute Gasteiger partial charge is 0.422 e. The molecular formula is C31H32F4O5. The summed E-state index contributed by atoms with van der Waals surface area (Å²) in [6.45, 7) is 3.01. The Balaban J connectivity index is 1.64. The lowest BCUT2D eigenvalue weighted by molar-refractivity contribution is -0.153. The highest BCUT2D eigenvalue weighted by atomic mass is 19.4. The number of hydrogen-bond donors (Lipinski definition) is 2. The third-order valence-corrected chi connectivity index (χ3v) is 7.40. The van der Waals surface area contributed by atoms with Gasteiger partial charge >= 0.3 is 12.1 Å². The number of hydrogen-bond acceptors (Lipinski definition) is 4. The molecule has 1 saturated carbocycles. The number of halogens is 4. The Morgan fingerprint density at radius 1 is 1.02 bits per heavy atom. The minimum atomic E-state index is -4.51. The van der Waals surface area contributed by atoms with Crippen molar-refractivity contribution in [1.82, 2.24) is 0 Å². The summed E-state index contributed by atoms with van der Waals surface area (Å²) in [4.78, 5) is 10.9. The number of ether oxygens (including phenoxy) is 2. The number of alkyl halides is 3. The van der Waals surface area contributed by atoms with Crippen molar-refractivity contribution in [2.75, 3.05) is 6.61 Å². The van der Waals surface area contributed by atoms with Gasteiger partial charge in [0.15, 0.2) is 6.61 Å². The standard InChI is InChI=1S/C31H32F4O5/c1-30(2)12-4-7-26(30)24-13-19(17-39-21-6-3-5-20(14-21)28(36)16-29(37)38)8-10-23(24)25-15-22(9-11-27(25)32)40-18-31(33,34)35/h3,5-6,8-11,13-15,26,28,36H,4,7,12,16-18H2,1-2H3,(H,37,38)/t26-,28+/m0/s1. The molecule has 0 heterocycles. The Bertz CT molecular complexity index is 1350. The van der Waals surface area contributed by atoms with E-state index < -0.39 is 37.1 Å². The zero-order chi connectivity index (χ0) is 29.1. The normalized spacial score (nSPS) is 17.4. The Morgan fingerprint density at radius 3 is 2.45 bits per heavy atom. The van der Waals surface area contributed by atoms with Crippen LogP contribution in [-0.4, -0.2) is 29.0 Å². The van der Waals surface area contributed by atoms with Gasteiger partial charge < -0.3 is 19.7 Å². The van der Waals surface area contributed by atoms with E-state index >= 15 is 4.39 Å². The molecule has 2 N–H and O–H groups in total. The summed E-state index contributed by atoms with van der Waals surface area (Å²) in [6, 6.07) is 15.7. The van der Waals surface area contributed by atoms with Crippen molar-refractivity contribution in [2.24, 2.45) is 5.41 Å². The van der Waals surface area contributed by atoms with Gasteiger partial charge in [-0.25, -0.2) is 4.39 Å². The number of carboxylic acids is 1. The monoisotopic (exact) mass is 560 g/mol. The van der Waals surface area contributed by atoms with E-state index in [1.165, 1.54) is 12.1 Å². The molecule has 5 nitrogen and oxygen atoms in total. The number of carboxylic acid groups (broad SMARTS) is 1. The van der Waals surface area contributed by atoms with Crippen LogP contribution in [0.15, 0.2) is 60.7 Å². The first-order valence-electron chi connectivity index (χ1n) is 13.1. The molecule has 0 aliphatic heterocycles. The van der Waals surface area contributed by atoms with E-state index in [0.29, 0.717) is 16.9 Å². The largest absolute Gasteiger partial charge is 0.489 e. The van der Waals surface area contributed by atoms with E-state index in [2.05, 4.69) is 13.8 Å². The predicted octanol–water partition coefficient (Wildman–Crippen LogP) is 7.81. The summed E-state index contributed by atoms with van der Waals surface area (Å²) >= 11 is 0. The third-order valence-electron chi connectivity index (χ3n) is 7.40. The van der Waals surface area contributed by atoms with Crippen molar-refractivity contribution in [3.05, 3.63) is 83.2 Å². The summed E-state index contributed by atoms with van der Waals surface area (Å²) in [6.07, 6.45) is -3.23. The second kappa shape index (κ2) is 11.9. The Labute approximate surface area is 230 Å². The molecule has 2 atom stereocenters. The molecule has 0 bridgehead atoms. The van der Waals surface area contributed by atoms with Gasteiger partial charge in [0.2, 0.25) is 0 Å². The van der Waals surface area contributed by atoms with Crippen LogP contribution in [-0.2, 0) is 11.4 Å². The predicted molar refractivity (Wildman–Crippen MR) is 142 cm³/mol. The average Bonchev–Trinajstić information content (AvgIpc) is 3.25. The van der Waals surface area contributed by atoms with Crippen LogP contribution in [0.2, 0.25) is 0 Å². The number of aliphatic hydroxyl groups is 1. The van der Waals surface area contributed by atoms with Crippen molar-refractivity contribution >= 4 is 5.97 Å². The molecule has 0 radical (unpaired) electrons. The minimum absolute atomic E-state index is 0.0658. The Hall–Kier alpha value is -3.59.